The van der Waals surface area contributed by atoms with Crippen molar-refractivity contribution in [3.63, 3.8) is 0 Å². The number of aromatic nitrogens is 1. The first-order chi connectivity index (χ1) is 8.60. The Labute approximate surface area is 121 Å². The molecule has 0 saturated carbocycles. The molecule has 1 N–H and O–H groups in total. The van der Waals surface area contributed by atoms with Gasteiger partial charge in [0.2, 0.25) is 0 Å². The van der Waals surface area contributed by atoms with Gasteiger partial charge in [-0.15, -0.1) is 11.3 Å². The van der Waals surface area contributed by atoms with Gasteiger partial charge in [-0.2, -0.15) is 0 Å². The summed E-state index contributed by atoms with van der Waals surface area (Å²) in [5, 5.41) is 6.68. The molecule has 2 rings (SSSR count). The molecule has 0 aliphatic rings. The highest BCUT2D eigenvalue weighted by Gasteiger charge is 2.14. The molecule has 1 heterocycles. The zero-order valence-corrected chi connectivity index (χ0v) is 13.2. The van der Waals surface area contributed by atoms with Gasteiger partial charge in [0, 0.05) is 28.0 Å². The molecule has 0 aliphatic carbocycles. The quantitative estimate of drug-likeness (QED) is 0.918. The van der Waals surface area contributed by atoms with Crippen LogP contribution in [0.2, 0.25) is 0 Å². The molecule has 0 saturated heterocycles. The second kappa shape index (κ2) is 5.95. The zero-order chi connectivity index (χ0) is 13.1. The van der Waals surface area contributed by atoms with Crippen LogP contribution < -0.4 is 5.32 Å². The van der Waals surface area contributed by atoms with Crippen LogP contribution in [-0.4, -0.2) is 12.0 Å². The molecule has 96 valence electrons. The number of hydrogen-bond donors (Lipinski definition) is 1. The number of halogens is 1. The minimum Gasteiger partial charge on any atom is -0.313 e. The fourth-order valence-electron chi connectivity index (χ4n) is 2.07. The van der Waals surface area contributed by atoms with Gasteiger partial charge < -0.3 is 5.32 Å². The highest BCUT2D eigenvalue weighted by molar-refractivity contribution is 9.10. The molecule has 0 aliphatic heterocycles. The summed E-state index contributed by atoms with van der Waals surface area (Å²) < 4.78 is 1.13. The monoisotopic (exact) mass is 324 g/mol. The molecule has 0 amide bonds. The van der Waals surface area contributed by atoms with E-state index in [0.717, 1.165) is 16.6 Å². The Bertz CT molecular complexity index is 536. The highest BCUT2D eigenvalue weighted by Crippen LogP contribution is 2.25. The molecule has 0 bridgehead atoms. The number of hydrogen-bond acceptors (Lipinski definition) is 3. The second-order valence-electron chi connectivity index (χ2n) is 4.43. The van der Waals surface area contributed by atoms with Gasteiger partial charge in [-0.1, -0.05) is 22.0 Å². The molecule has 1 aromatic carbocycles. The summed E-state index contributed by atoms with van der Waals surface area (Å²) in [5.74, 6) is 0. The Morgan fingerprint density at radius 1 is 1.39 bits per heavy atom. The number of likely N-dealkylation sites (N-methyl/N-ethyl adjacent to an activating group) is 1. The lowest BCUT2D eigenvalue weighted by molar-refractivity contribution is 0.587. The molecule has 0 fully saturated rings. The van der Waals surface area contributed by atoms with E-state index >= 15 is 0 Å². The Morgan fingerprint density at radius 3 is 2.72 bits per heavy atom. The van der Waals surface area contributed by atoms with Crippen molar-refractivity contribution in [2.24, 2.45) is 0 Å². The van der Waals surface area contributed by atoms with Gasteiger partial charge in [0.1, 0.15) is 0 Å². The predicted octanol–water partition coefficient (Wildman–Crippen LogP) is 4.03. The largest absolute Gasteiger partial charge is 0.313 e. The van der Waals surface area contributed by atoms with Crippen molar-refractivity contribution in [1.82, 2.24) is 10.3 Å². The van der Waals surface area contributed by atoms with E-state index in [0.29, 0.717) is 6.04 Å². The number of thiazole rings is 1. The van der Waals surface area contributed by atoms with Crippen LogP contribution in [0.1, 0.15) is 27.9 Å². The normalized spacial score (nSPS) is 12.7. The second-order valence-corrected chi connectivity index (χ2v) is 6.29. The number of nitrogens with zero attached hydrogens (tertiary/aromatic N) is 1. The Hall–Kier alpha value is -0.710. The molecule has 1 atom stereocenters. The first-order valence-corrected chi connectivity index (χ1v) is 7.61. The average Bonchev–Trinajstić information content (AvgIpc) is 2.72. The first kappa shape index (κ1) is 13.7. The topological polar surface area (TPSA) is 24.9 Å². The third-order valence-corrected chi connectivity index (χ3v) is 4.48. The van der Waals surface area contributed by atoms with Gasteiger partial charge in [0.15, 0.2) is 0 Å². The Morgan fingerprint density at radius 2 is 2.17 bits per heavy atom. The number of nitrogens with one attached hydrogen (secondary N) is 1. The van der Waals surface area contributed by atoms with Crippen molar-refractivity contribution >= 4 is 27.3 Å². The van der Waals surface area contributed by atoms with E-state index in [-0.39, 0.29) is 0 Å². The van der Waals surface area contributed by atoms with E-state index in [1.165, 1.54) is 16.1 Å². The SMILES string of the molecule is CNC(Cc1nc(C)cs1)c1ccc(Br)cc1C. The van der Waals surface area contributed by atoms with Crippen LogP contribution in [-0.2, 0) is 6.42 Å². The maximum Gasteiger partial charge on any atom is 0.0947 e. The third-order valence-electron chi connectivity index (χ3n) is 3.00. The summed E-state index contributed by atoms with van der Waals surface area (Å²) in [6, 6.07) is 6.76. The van der Waals surface area contributed by atoms with Gasteiger partial charge in [-0.3, -0.25) is 0 Å². The minimum atomic E-state index is 0.323. The summed E-state index contributed by atoms with van der Waals surface area (Å²) in [6.07, 6.45) is 0.942. The lowest BCUT2D eigenvalue weighted by Crippen LogP contribution is -2.19. The van der Waals surface area contributed by atoms with Crippen LogP contribution in [0.4, 0.5) is 0 Å². The van der Waals surface area contributed by atoms with E-state index in [1.54, 1.807) is 11.3 Å². The van der Waals surface area contributed by atoms with Crippen molar-refractivity contribution < 1.29 is 0 Å². The van der Waals surface area contributed by atoms with Crippen LogP contribution in [0.3, 0.4) is 0 Å². The zero-order valence-electron chi connectivity index (χ0n) is 10.8. The molecule has 0 radical (unpaired) electrons. The maximum absolute atomic E-state index is 4.54. The summed E-state index contributed by atoms with van der Waals surface area (Å²) >= 11 is 5.24. The standard InChI is InChI=1S/C14H17BrN2S/c1-9-6-11(15)4-5-12(9)13(16-3)7-14-17-10(2)8-18-14/h4-6,8,13,16H,7H2,1-3H3. The van der Waals surface area contributed by atoms with Crippen LogP contribution in [0.15, 0.2) is 28.1 Å². The van der Waals surface area contributed by atoms with E-state index in [2.05, 4.69) is 56.7 Å². The van der Waals surface area contributed by atoms with E-state index in [4.69, 9.17) is 0 Å². The Kier molecular flexibility index (Phi) is 4.54. The van der Waals surface area contributed by atoms with E-state index < -0.39 is 0 Å². The molecular formula is C14H17BrN2S. The third kappa shape index (κ3) is 3.19. The van der Waals surface area contributed by atoms with Gasteiger partial charge in [0.25, 0.3) is 0 Å². The van der Waals surface area contributed by atoms with Crippen molar-refractivity contribution in [3.8, 4) is 0 Å². The molecule has 1 unspecified atom stereocenters. The van der Waals surface area contributed by atoms with Gasteiger partial charge in [0.05, 0.1) is 5.01 Å². The van der Waals surface area contributed by atoms with E-state index in [1.807, 2.05) is 14.0 Å². The van der Waals surface area contributed by atoms with E-state index in [9.17, 15) is 0 Å². The lowest BCUT2D eigenvalue weighted by Gasteiger charge is -2.18. The fraction of sp³-hybridized carbons (Fsp3) is 0.357. The molecule has 18 heavy (non-hydrogen) atoms. The molecule has 0 spiro atoms. The summed E-state index contributed by atoms with van der Waals surface area (Å²) in [6.45, 7) is 4.19. The lowest BCUT2D eigenvalue weighted by atomic mass is 9.99. The van der Waals surface area contributed by atoms with Crippen molar-refractivity contribution in [2.75, 3.05) is 7.05 Å². The smallest absolute Gasteiger partial charge is 0.0947 e. The highest BCUT2D eigenvalue weighted by atomic mass is 79.9. The number of benzene rings is 1. The van der Waals surface area contributed by atoms with Gasteiger partial charge in [-0.25, -0.2) is 4.98 Å². The van der Waals surface area contributed by atoms with Crippen LogP contribution in [0.5, 0.6) is 0 Å². The average molecular weight is 325 g/mol. The van der Waals surface area contributed by atoms with Gasteiger partial charge in [-0.05, 0) is 44.2 Å². The van der Waals surface area contributed by atoms with Crippen molar-refractivity contribution in [3.05, 3.63) is 49.9 Å². The maximum atomic E-state index is 4.54. The molecule has 2 nitrogen and oxygen atoms in total. The summed E-state index contributed by atoms with van der Waals surface area (Å²) in [4.78, 5) is 4.54. The first-order valence-electron chi connectivity index (χ1n) is 5.94. The van der Waals surface area contributed by atoms with Crippen molar-refractivity contribution in [2.45, 2.75) is 26.3 Å². The summed E-state index contributed by atoms with van der Waals surface area (Å²) in [7, 11) is 2.01. The van der Waals surface area contributed by atoms with Gasteiger partial charge >= 0.3 is 0 Å². The number of rotatable bonds is 4. The number of aryl methyl sites for hydroxylation is 2. The van der Waals surface area contributed by atoms with Crippen LogP contribution in [0.25, 0.3) is 0 Å². The molecular weight excluding hydrogens is 308 g/mol. The molecule has 4 heteroatoms. The molecule has 1 aromatic heterocycles. The fourth-order valence-corrected chi connectivity index (χ4v) is 3.36. The predicted molar refractivity (Wildman–Crippen MR) is 81.2 cm³/mol. The van der Waals surface area contributed by atoms with Crippen LogP contribution in [0, 0.1) is 13.8 Å². The van der Waals surface area contributed by atoms with Crippen molar-refractivity contribution in [1.29, 1.82) is 0 Å². The molecule has 2 aromatic rings. The Balaban J connectivity index is 2.22. The summed E-state index contributed by atoms with van der Waals surface area (Å²) in [5.41, 5.74) is 3.75. The van der Waals surface area contributed by atoms with Crippen LogP contribution >= 0.6 is 27.3 Å². The minimum absolute atomic E-state index is 0.323.